The molecule has 0 aliphatic carbocycles. The van der Waals surface area contributed by atoms with E-state index in [-0.39, 0.29) is 0 Å². The van der Waals surface area contributed by atoms with Crippen LogP contribution in [0.25, 0.3) is 21.8 Å². The zero-order valence-electron chi connectivity index (χ0n) is 14.8. The Hall–Kier alpha value is -2.38. The number of nitrogens with one attached hydrogen (secondary N) is 1. The fraction of sp³-hybridized carbons (Fsp3) is 0.474. The van der Waals surface area contributed by atoms with Gasteiger partial charge < -0.3 is 19.3 Å². The van der Waals surface area contributed by atoms with E-state index in [0.717, 1.165) is 86.7 Å². The average molecular weight is 353 g/mol. The van der Waals surface area contributed by atoms with Crippen LogP contribution in [0.5, 0.6) is 0 Å². The van der Waals surface area contributed by atoms with Gasteiger partial charge in [-0.05, 0) is 24.6 Å². The Labute approximate surface area is 151 Å². The molecule has 5 rings (SSSR count). The highest BCUT2D eigenvalue weighted by Crippen LogP contribution is 2.33. The van der Waals surface area contributed by atoms with Gasteiger partial charge in [0.2, 0.25) is 0 Å². The lowest BCUT2D eigenvalue weighted by molar-refractivity contribution is 0.122. The maximum absolute atomic E-state index is 5.61. The van der Waals surface area contributed by atoms with Crippen LogP contribution in [0, 0.1) is 0 Å². The molecule has 7 heteroatoms. The molecule has 2 fully saturated rings. The van der Waals surface area contributed by atoms with Crippen molar-refractivity contribution in [2.75, 3.05) is 62.4 Å². The van der Waals surface area contributed by atoms with Gasteiger partial charge in [-0.15, -0.1) is 0 Å². The number of benzene rings is 1. The van der Waals surface area contributed by atoms with Gasteiger partial charge in [-0.3, -0.25) is 10.1 Å². The lowest BCUT2D eigenvalue weighted by Crippen LogP contribution is -2.36. The third-order valence-corrected chi connectivity index (χ3v) is 5.26. The molecule has 1 aromatic carbocycles. The second-order valence-electron chi connectivity index (χ2n) is 6.85. The third-order valence-electron chi connectivity index (χ3n) is 5.26. The molecule has 0 saturated carbocycles. The lowest BCUT2D eigenvalue weighted by atomic mass is 10.1. The second kappa shape index (κ2) is 6.74. The van der Waals surface area contributed by atoms with Crippen molar-refractivity contribution in [3.05, 3.63) is 24.4 Å². The molecule has 0 radical (unpaired) electrons. The predicted octanol–water partition coefficient (Wildman–Crippen LogP) is 2.17. The number of hydrogen-bond acceptors (Lipinski definition) is 6. The minimum absolute atomic E-state index is 0.746. The Bertz CT molecular complexity index is 911. The van der Waals surface area contributed by atoms with E-state index in [0.29, 0.717) is 0 Å². The number of anilines is 2. The standard InChI is InChI=1S/C19H23N5O2/c1-4-24(7-11-25-8-1)19-18-15-12-14(23-5-9-26-10-6-23)2-3-16(15)20-13-17(18)21-22-19/h2-3,12-13H,1,4-11H2,(H,21,22). The van der Waals surface area contributed by atoms with Crippen molar-refractivity contribution in [1.82, 2.24) is 15.2 Å². The Morgan fingerprint density at radius 2 is 1.73 bits per heavy atom. The topological polar surface area (TPSA) is 66.5 Å². The molecular formula is C19H23N5O2. The van der Waals surface area contributed by atoms with Crippen molar-refractivity contribution in [2.24, 2.45) is 0 Å². The van der Waals surface area contributed by atoms with Gasteiger partial charge in [0, 0.05) is 43.9 Å². The molecule has 0 spiro atoms. The van der Waals surface area contributed by atoms with Crippen molar-refractivity contribution in [1.29, 1.82) is 0 Å². The quantitative estimate of drug-likeness (QED) is 0.762. The van der Waals surface area contributed by atoms with E-state index in [9.17, 15) is 0 Å². The van der Waals surface area contributed by atoms with Crippen LogP contribution in [-0.4, -0.2) is 67.8 Å². The molecular weight excluding hydrogens is 330 g/mol. The third kappa shape index (κ3) is 2.77. The van der Waals surface area contributed by atoms with E-state index in [1.807, 2.05) is 6.20 Å². The predicted molar refractivity (Wildman–Crippen MR) is 102 cm³/mol. The van der Waals surface area contributed by atoms with Crippen molar-refractivity contribution < 1.29 is 9.47 Å². The van der Waals surface area contributed by atoms with Crippen LogP contribution in [0.2, 0.25) is 0 Å². The van der Waals surface area contributed by atoms with Crippen molar-refractivity contribution >= 4 is 33.3 Å². The van der Waals surface area contributed by atoms with E-state index in [1.54, 1.807) is 0 Å². The lowest BCUT2D eigenvalue weighted by Gasteiger charge is -2.29. The second-order valence-corrected chi connectivity index (χ2v) is 6.85. The van der Waals surface area contributed by atoms with Crippen LogP contribution >= 0.6 is 0 Å². The SMILES string of the molecule is c1cc2ncc3[nH]nc(N4CCCOCC4)c3c2cc1N1CCOCC1. The number of H-pyrrole nitrogens is 1. The van der Waals surface area contributed by atoms with Gasteiger partial charge in [0.1, 0.15) is 0 Å². The number of rotatable bonds is 2. The first-order valence-electron chi connectivity index (χ1n) is 9.32. The highest BCUT2D eigenvalue weighted by molar-refractivity contribution is 6.11. The summed E-state index contributed by atoms with van der Waals surface area (Å²) in [5, 5.41) is 10.1. The summed E-state index contributed by atoms with van der Waals surface area (Å²) in [7, 11) is 0. The van der Waals surface area contributed by atoms with Crippen LogP contribution in [-0.2, 0) is 9.47 Å². The van der Waals surface area contributed by atoms with Gasteiger partial charge in [0.15, 0.2) is 5.82 Å². The number of aromatic amines is 1. The van der Waals surface area contributed by atoms with E-state index >= 15 is 0 Å². The first-order valence-corrected chi connectivity index (χ1v) is 9.32. The van der Waals surface area contributed by atoms with Crippen LogP contribution in [0.4, 0.5) is 11.5 Å². The summed E-state index contributed by atoms with van der Waals surface area (Å²) in [4.78, 5) is 9.32. The van der Waals surface area contributed by atoms with E-state index in [4.69, 9.17) is 9.47 Å². The van der Waals surface area contributed by atoms with Gasteiger partial charge >= 0.3 is 0 Å². The largest absolute Gasteiger partial charge is 0.380 e. The van der Waals surface area contributed by atoms with E-state index in [2.05, 4.69) is 43.2 Å². The molecule has 2 aromatic heterocycles. The van der Waals surface area contributed by atoms with Crippen LogP contribution in [0.3, 0.4) is 0 Å². The molecule has 0 amide bonds. The highest BCUT2D eigenvalue weighted by Gasteiger charge is 2.19. The average Bonchev–Trinajstić information content (AvgIpc) is 2.95. The molecule has 0 unspecified atom stereocenters. The monoisotopic (exact) mass is 353 g/mol. The van der Waals surface area contributed by atoms with Gasteiger partial charge in [-0.25, -0.2) is 0 Å². The fourth-order valence-corrected chi connectivity index (χ4v) is 3.88. The zero-order chi connectivity index (χ0) is 17.3. The Kier molecular flexibility index (Phi) is 4.10. The fourth-order valence-electron chi connectivity index (χ4n) is 3.88. The summed E-state index contributed by atoms with van der Waals surface area (Å²) >= 11 is 0. The molecule has 4 heterocycles. The van der Waals surface area contributed by atoms with Gasteiger partial charge in [-0.1, -0.05) is 0 Å². The normalized spacial score (nSPS) is 19.2. The molecule has 2 aliphatic rings. The molecule has 2 aliphatic heterocycles. The maximum Gasteiger partial charge on any atom is 0.159 e. The summed E-state index contributed by atoms with van der Waals surface area (Å²) in [5.74, 6) is 1.01. The van der Waals surface area contributed by atoms with E-state index in [1.165, 1.54) is 5.69 Å². The summed E-state index contributed by atoms with van der Waals surface area (Å²) in [6.07, 6.45) is 2.91. The van der Waals surface area contributed by atoms with E-state index < -0.39 is 0 Å². The number of ether oxygens (including phenoxy) is 2. The number of hydrogen-bond donors (Lipinski definition) is 1. The van der Waals surface area contributed by atoms with Crippen LogP contribution in [0.1, 0.15) is 6.42 Å². The summed E-state index contributed by atoms with van der Waals surface area (Å²) in [6, 6.07) is 6.53. The molecule has 3 aromatic rings. The van der Waals surface area contributed by atoms with Crippen molar-refractivity contribution in [3.8, 4) is 0 Å². The minimum Gasteiger partial charge on any atom is -0.380 e. The molecule has 2 saturated heterocycles. The molecule has 7 nitrogen and oxygen atoms in total. The Morgan fingerprint density at radius 3 is 2.62 bits per heavy atom. The highest BCUT2D eigenvalue weighted by atomic mass is 16.5. The van der Waals surface area contributed by atoms with Gasteiger partial charge in [-0.2, -0.15) is 5.10 Å². The summed E-state index contributed by atoms with van der Waals surface area (Å²) in [6.45, 7) is 6.82. The van der Waals surface area contributed by atoms with Crippen LogP contribution < -0.4 is 9.80 Å². The first kappa shape index (κ1) is 15.8. The molecule has 26 heavy (non-hydrogen) atoms. The summed E-state index contributed by atoms with van der Waals surface area (Å²) in [5.41, 5.74) is 3.21. The van der Waals surface area contributed by atoms with Crippen molar-refractivity contribution in [3.63, 3.8) is 0 Å². The van der Waals surface area contributed by atoms with Gasteiger partial charge in [0.25, 0.3) is 0 Å². The Balaban J connectivity index is 1.63. The first-order chi connectivity index (χ1) is 12.9. The number of morpholine rings is 1. The number of fused-ring (bicyclic) bond motifs is 3. The zero-order valence-corrected chi connectivity index (χ0v) is 14.8. The smallest absolute Gasteiger partial charge is 0.159 e. The number of nitrogens with zero attached hydrogens (tertiary/aromatic N) is 4. The minimum atomic E-state index is 0.746. The number of pyridine rings is 1. The van der Waals surface area contributed by atoms with Crippen LogP contribution in [0.15, 0.2) is 24.4 Å². The Morgan fingerprint density at radius 1 is 0.923 bits per heavy atom. The van der Waals surface area contributed by atoms with Crippen molar-refractivity contribution in [2.45, 2.75) is 6.42 Å². The van der Waals surface area contributed by atoms with Gasteiger partial charge in [0.05, 0.1) is 42.4 Å². The maximum atomic E-state index is 5.61. The molecule has 0 bridgehead atoms. The molecule has 1 N–H and O–H groups in total. The molecule has 136 valence electrons. The molecule has 0 atom stereocenters. The summed E-state index contributed by atoms with van der Waals surface area (Å²) < 4.78 is 11.1. The number of aromatic nitrogens is 3.